The van der Waals surface area contributed by atoms with Crippen molar-refractivity contribution in [2.45, 2.75) is 20.3 Å². The van der Waals surface area contributed by atoms with E-state index in [2.05, 4.69) is 6.92 Å². The predicted molar refractivity (Wildman–Crippen MR) is 82.5 cm³/mol. The van der Waals surface area contributed by atoms with Gasteiger partial charge in [0, 0.05) is 11.1 Å². The van der Waals surface area contributed by atoms with Gasteiger partial charge >= 0.3 is 0 Å². The third kappa shape index (κ3) is 2.63. The zero-order chi connectivity index (χ0) is 14.9. The minimum Gasteiger partial charge on any atom is -0.496 e. The molecule has 0 fully saturated rings. The van der Waals surface area contributed by atoms with Gasteiger partial charge in [0.25, 0.3) is 0 Å². The maximum atomic E-state index is 13.3. The average Bonchev–Trinajstić information content (AvgIpc) is 2.38. The minimum absolute atomic E-state index is 0.277. The molecule has 0 aliphatic heterocycles. The first-order valence-electron chi connectivity index (χ1n) is 6.31. The van der Waals surface area contributed by atoms with Gasteiger partial charge in [0.05, 0.1) is 17.2 Å². The van der Waals surface area contributed by atoms with Crippen molar-refractivity contribution in [1.82, 2.24) is 0 Å². The summed E-state index contributed by atoms with van der Waals surface area (Å²) in [4.78, 5) is 0. The van der Waals surface area contributed by atoms with Crippen LogP contribution in [0.4, 0.5) is 4.39 Å². The number of hydrogen-bond donors (Lipinski definition) is 0. The number of benzene rings is 2. The molecule has 20 heavy (non-hydrogen) atoms. The molecule has 0 heterocycles. The molecule has 0 spiro atoms. The van der Waals surface area contributed by atoms with E-state index >= 15 is 0 Å². The van der Waals surface area contributed by atoms with Crippen molar-refractivity contribution in [2.24, 2.45) is 0 Å². The van der Waals surface area contributed by atoms with Gasteiger partial charge < -0.3 is 4.74 Å². The second kappa shape index (κ2) is 6.02. The summed E-state index contributed by atoms with van der Waals surface area (Å²) in [5.41, 5.74) is 3.62. The van der Waals surface area contributed by atoms with Crippen molar-refractivity contribution in [3.05, 3.63) is 51.3 Å². The Morgan fingerprint density at radius 2 is 1.75 bits per heavy atom. The lowest BCUT2D eigenvalue weighted by Crippen LogP contribution is -1.98. The first kappa shape index (κ1) is 15.1. The number of hydrogen-bond acceptors (Lipinski definition) is 1. The van der Waals surface area contributed by atoms with Gasteiger partial charge in [-0.3, -0.25) is 0 Å². The van der Waals surface area contributed by atoms with Gasteiger partial charge in [0.1, 0.15) is 11.6 Å². The van der Waals surface area contributed by atoms with E-state index in [1.165, 1.54) is 12.1 Å². The Morgan fingerprint density at radius 3 is 2.25 bits per heavy atom. The van der Waals surface area contributed by atoms with Gasteiger partial charge in [-0.1, -0.05) is 42.3 Å². The second-order valence-electron chi connectivity index (χ2n) is 4.54. The van der Waals surface area contributed by atoms with Crippen molar-refractivity contribution in [3.63, 3.8) is 0 Å². The maximum Gasteiger partial charge on any atom is 0.130 e. The Bertz CT molecular complexity index is 630. The molecule has 0 radical (unpaired) electrons. The average molecular weight is 313 g/mol. The molecular formula is C16H15Cl2FO. The van der Waals surface area contributed by atoms with Crippen molar-refractivity contribution >= 4 is 23.2 Å². The first-order valence-corrected chi connectivity index (χ1v) is 7.06. The van der Waals surface area contributed by atoms with Crippen molar-refractivity contribution in [2.75, 3.05) is 7.11 Å². The zero-order valence-electron chi connectivity index (χ0n) is 11.6. The van der Waals surface area contributed by atoms with Crippen LogP contribution in [0.2, 0.25) is 10.0 Å². The van der Waals surface area contributed by atoms with Crippen molar-refractivity contribution < 1.29 is 9.13 Å². The highest BCUT2D eigenvalue weighted by molar-refractivity contribution is 6.39. The Morgan fingerprint density at radius 1 is 1.15 bits per heavy atom. The fraction of sp³-hybridized carbons (Fsp3) is 0.250. The quantitative estimate of drug-likeness (QED) is 0.708. The second-order valence-corrected chi connectivity index (χ2v) is 5.35. The third-order valence-corrected chi connectivity index (χ3v) is 3.92. The van der Waals surface area contributed by atoms with E-state index in [4.69, 9.17) is 27.9 Å². The lowest BCUT2D eigenvalue weighted by molar-refractivity contribution is 0.411. The molecule has 2 aromatic rings. The van der Waals surface area contributed by atoms with Crippen LogP contribution in [0.15, 0.2) is 24.3 Å². The Kier molecular flexibility index (Phi) is 4.56. The highest BCUT2D eigenvalue weighted by Gasteiger charge is 2.18. The van der Waals surface area contributed by atoms with E-state index in [0.717, 1.165) is 28.9 Å². The minimum atomic E-state index is -0.453. The molecule has 0 saturated heterocycles. The van der Waals surface area contributed by atoms with Crippen molar-refractivity contribution in [1.29, 1.82) is 0 Å². The van der Waals surface area contributed by atoms with Crippen LogP contribution < -0.4 is 4.74 Å². The van der Waals surface area contributed by atoms with E-state index in [1.54, 1.807) is 7.11 Å². The number of aryl methyl sites for hydroxylation is 1. The third-order valence-electron chi connectivity index (χ3n) is 3.33. The Balaban J connectivity index is 2.77. The summed E-state index contributed by atoms with van der Waals surface area (Å²) in [5.74, 6) is 0.286. The first-order chi connectivity index (χ1) is 9.49. The molecule has 4 heteroatoms. The topological polar surface area (TPSA) is 9.23 Å². The van der Waals surface area contributed by atoms with Crippen LogP contribution in [0.1, 0.15) is 18.1 Å². The van der Waals surface area contributed by atoms with Crippen LogP contribution in [0, 0.1) is 12.7 Å². The van der Waals surface area contributed by atoms with Crippen LogP contribution in [0.3, 0.4) is 0 Å². The van der Waals surface area contributed by atoms with Crippen LogP contribution in [0.5, 0.6) is 5.75 Å². The van der Waals surface area contributed by atoms with Crippen LogP contribution >= 0.6 is 23.2 Å². The molecule has 0 amide bonds. The SMILES string of the molecule is CCc1c(C)ccc(-c2c(Cl)cc(F)cc2Cl)c1OC. The van der Waals surface area contributed by atoms with Crippen LogP contribution in [-0.4, -0.2) is 7.11 Å². The molecule has 0 aromatic heterocycles. The summed E-state index contributed by atoms with van der Waals surface area (Å²) >= 11 is 12.3. The van der Waals surface area contributed by atoms with E-state index in [1.807, 2.05) is 19.1 Å². The number of ether oxygens (including phenoxy) is 1. The Labute approximate surface area is 128 Å². The fourth-order valence-corrected chi connectivity index (χ4v) is 3.06. The number of methoxy groups -OCH3 is 1. The van der Waals surface area contributed by atoms with Gasteiger partial charge in [0.15, 0.2) is 0 Å². The molecule has 0 bridgehead atoms. The van der Waals surface area contributed by atoms with Crippen LogP contribution in [0.25, 0.3) is 11.1 Å². The molecule has 0 unspecified atom stereocenters. The predicted octanol–water partition coefficient (Wildman–Crippen LogP) is 5.68. The van der Waals surface area contributed by atoms with Gasteiger partial charge in [-0.05, 0) is 36.6 Å². The highest BCUT2D eigenvalue weighted by Crippen LogP contribution is 2.42. The van der Waals surface area contributed by atoms with Gasteiger partial charge in [-0.2, -0.15) is 0 Å². The lowest BCUT2D eigenvalue weighted by atomic mass is 9.96. The summed E-state index contributed by atoms with van der Waals surface area (Å²) in [6.07, 6.45) is 0.833. The highest BCUT2D eigenvalue weighted by atomic mass is 35.5. The van der Waals surface area contributed by atoms with E-state index in [-0.39, 0.29) is 10.0 Å². The molecule has 106 valence electrons. The lowest BCUT2D eigenvalue weighted by Gasteiger charge is -2.17. The number of halogens is 3. The molecule has 0 aliphatic carbocycles. The summed E-state index contributed by atoms with van der Waals surface area (Å²) in [5, 5.41) is 0.554. The zero-order valence-corrected chi connectivity index (χ0v) is 13.1. The summed E-state index contributed by atoms with van der Waals surface area (Å²) < 4.78 is 18.8. The molecule has 1 nitrogen and oxygen atoms in total. The number of rotatable bonds is 3. The van der Waals surface area contributed by atoms with Gasteiger partial charge in [0.2, 0.25) is 0 Å². The summed E-state index contributed by atoms with van der Waals surface area (Å²) in [6.45, 7) is 4.08. The summed E-state index contributed by atoms with van der Waals surface area (Å²) in [6, 6.07) is 6.41. The van der Waals surface area contributed by atoms with E-state index < -0.39 is 5.82 Å². The molecule has 2 rings (SSSR count). The Hall–Kier alpha value is -1.25. The summed E-state index contributed by atoms with van der Waals surface area (Å²) in [7, 11) is 1.61. The molecule has 0 saturated carbocycles. The normalized spacial score (nSPS) is 10.7. The maximum absolute atomic E-state index is 13.3. The van der Waals surface area contributed by atoms with Crippen molar-refractivity contribution in [3.8, 4) is 16.9 Å². The molecule has 0 aliphatic rings. The fourth-order valence-electron chi connectivity index (χ4n) is 2.40. The molecule has 0 N–H and O–H groups in total. The van der Waals surface area contributed by atoms with Gasteiger partial charge in [-0.25, -0.2) is 4.39 Å². The molecular weight excluding hydrogens is 298 g/mol. The molecule has 0 atom stereocenters. The van der Waals surface area contributed by atoms with E-state index in [9.17, 15) is 4.39 Å². The monoisotopic (exact) mass is 312 g/mol. The smallest absolute Gasteiger partial charge is 0.130 e. The molecule has 2 aromatic carbocycles. The van der Waals surface area contributed by atoms with Crippen LogP contribution in [-0.2, 0) is 6.42 Å². The van der Waals surface area contributed by atoms with E-state index in [0.29, 0.717) is 5.56 Å². The van der Waals surface area contributed by atoms with Gasteiger partial charge in [-0.15, -0.1) is 0 Å². The largest absolute Gasteiger partial charge is 0.496 e. The standard InChI is InChI=1S/C16H15Cl2FO/c1-4-11-9(2)5-6-12(16(11)20-3)15-13(17)7-10(19)8-14(15)18/h5-8H,4H2,1-3H3.